The summed E-state index contributed by atoms with van der Waals surface area (Å²) in [6.45, 7) is 3.62. The van der Waals surface area contributed by atoms with E-state index in [1.807, 2.05) is 0 Å². The van der Waals surface area contributed by atoms with Gasteiger partial charge in [0.1, 0.15) is 11.6 Å². The zero-order valence-corrected chi connectivity index (χ0v) is 11.9. The van der Waals surface area contributed by atoms with Gasteiger partial charge < -0.3 is 16.2 Å². The van der Waals surface area contributed by atoms with Crippen LogP contribution in [0.2, 0.25) is 0 Å². The molecule has 0 aliphatic carbocycles. The van der Waals surface area contributed by atoms with Crippen molar-refractivity contribution >= 4 is 11.6 Å². The molecule has 2 aromatic carbocycles. The van der Waals surface area contributed by atoms with Crippen molar-refractivity contribution in [2.75, 3.05) is 5.73 Å². The van der Waals surface area contributed by atoms with Crippen molar-refractivity contribution in [1.82, 2.24) is 5.32 Å². The molecule has 1 amide bonds. The van der Waals surface area contributed by atoms with Gasteiger partial charge in [0.25, 0.3) is 5.91 Å². The van der Waals surface area contributed by atoms with E-state index in [-0.39, 0.29) is 35.3 Å². The fourth-order valence-electron chi connectivity index (χ4n) is 2.16. The Balaban J connectivity index is 2.13. The molecular weight excluding hydrogens is 271 g/mol. The molecule has 0 atom stereocenters. The van der Waals surface area contributed by atoms with Crippen LogP contribution in [0.4, 0.5) is 10.1 Å². The summed E-state index contributed by atoms with van der Waals surface area (Å²) in [5, 5.41) is 12.1. The number of aryl methyl sites for hydroxylation is 2. The van der Waals surface area contributed by atoms with Gasteiger partial charge in [-0.3, -0.25) is 4.79 Å². The molecule has 0 spiro atoms. The maximum Gasteiger partial charge on any atom is 0.253 e. The van der Waals surface area contributed by atoms with Gasteiger partial charge in [0.2, 0.25) is 0 Å². The molecule has 21 heavy (non-hydrogen) atoms. The van der Waals surface area contributed by atoms with Crippen LogP contribution in [0.1, 0.15) is 27.0 Å². The summed E-state index contributed by atoms with van der Waals surface area (Å²) < 4.78 is 13.5. The van der Waals surface area contributed by atoms with E-state index in [0.717, 1.165) is 5.56 Å². The average Bonchev–Trinajstić information content (AvgIpc) is 2.44. The molecule has 0 bridgehead atoms. The summed E-state index contributed by atoms with van der Waals surface area (Å²) in [7, 11) is 0. The van der Waals surface area contributed by atoms with E-state index in [2.05, 4.69) is 5.32 Å². The van der Waals surface area contributed by atoms with Crippen molar-refractivity contribution < 1.29 is 14.3 Å². The van der Waals surface area contributed by atoms with Gasteiger partial charge in [-0.25, -0.2) is 4.39 Å². The van der Waals surface area contributed by atoms with E-state index in [0.29, 0.717) is 11.1 Å². The summed E-state index contributed by atoms with van der Waals surface area (Å²) in [4.78, 5) is 12.1. The lowest BCUT2D eigenvalue weighted by atomic mass is 10.1. The number of amides is 1. The highest BCUT2D eigenvalue weighted by Gasteiger charge is 2.11. The number of hydrogen-bond acceptors (Lipinski definition) is 3. The van der Waals surface area contributed by atoms with Crippen LogP contribution >= 0.6 is 0 Å². The van der Waals surface area contributed by atoms with E-state index >= 15 is 0 Å². The second kappa shape index (κ2) is 5.83. The van der Waals surface area contributed by atoms with Crippen molar-refractivity contribution in [2.24, 2.45) is 0 Å². The number of halogens is 1. The van der Waals surface area contributed by atoms with Gasteiger partial charge in [-0.05, 0) is 48.7 Å². The SMILES string of the molecule is Cc1cc(CNC(=O)c2cc(O)ccc2N)cc(C)c1F. The molecule has 2 aromatic rings. The number of phenolic OH excluding ortho intramolecular Hbond substituents is 1. The predicted molar refractivity (Wildman–Crippen MR) is 79.6 cm³/mol. The van der Waals surface area contributed by atoms with Crippen LogP contribution in [0.15, 0.2) is 30.3 Å². The minimum atomic E-state index is -0.386. The third-order valence-electron chi connectivity index (χ3n) is 3.23. The summed E-state index contributed by atoms with van der Waals surface area (Å²) in [6.07, 6.45) is 0. The third kappa shape index (κ3) is 3.31. The second-order valence-electron chi connectivity index (χ2n) is 5.00. The highest BCUT2D eigenvalue weighted by molar-refractivity contribution is 5.99. The number of rotatable bonds is 3. The van der Waals surface area contributed by atoms with Gasteiger partial charge in [-0.1, -0.05) is 12.1 Å². The van der Waals surface area contributed by atoms with Crippen molar-refractivity contribution in [3.05, 3.63) is 58.4 Å². The fourth-order valence-corrected chi connectivity index (χ4v) is 2.16. The Kier molecular flexibility index (Phi) is 4.12. The lowest BCUT2D eigenvalue weighted by Crippen LogP contribution is -2.24. The molecule has 5 heteroatoms. The minimum absolute atomic E-state index is 0.0252. The first-order valence-corrected chi connectivity index (χ1v) is 6.51. The number of anilines is 1. The third-order valence-corrected chi connectivity index (χ3v) is 3.23. The quantitative estimate of drug-likeness (QED) is 0.600. The number of hydrogen-bond donors (Lipinski definition) is 3. The van der Waals surface area contributed by atoms with E-state index in [1.165, 1.54) is 18.2 Å². The highest BCUT2D eigenvalue weighted by Crippen LogP contribution is 2.19. The van der Waals surface area contributed by atoms with Crippen molar-refractivity contribution in [3.8, 4) is 5.75 Å². The Hall–Kier alpha value is -2.56. The number of aromatic hydroxyl groups is 1. The van der Waals surface area contributed by atoms with Crippen molar-refractivity contribution in [1.29, 1.82) is 0 Å². The van der Waals surface area contributed by atoms with Gasteiger partial charge in [-0.15, -0.1) is 0 Å². The number of carbonyl (C=O) groups excluding carboxylic acids is 1. The van der Waals surface area contributed by atoms with Crippen LogP contribution in [-0.2, 0) is 6.54 Å². The Morgan fingerprint density at radius 3 is 2.48 bits per heavy atom. The molecular formula is C16H17FN2O2. The summed E-state index contributed by atoms with van der Waals surface area (Å²) in [5.41, 5.74) is 8.09. The lowest BCUT2D eigenvalue weighted by molar-refractivity contribution is 0.0951. The van der Waals surface area contributed by atoms with Gasteiger partial charge in [0.05, 0.1) is 5.56 Å². The van der Waals surface area contributed by atoms with Crippen LogP contribution in [-0.4, -0.2) is 11.0 Å². The number of nitrogens with two attached hydrogens (primary N) is 1. The molecule has 110 valence electrons. The molecule has 4 nitrogen and oxygen atoms in total. The monoisotopic (exact) mass is 288 g/mol. The van der Waals surface area contributed by atoms with Crippen LogP contribution in [0.25, 0.3) is 0 Å². The van der Waals surface area contributed by atoms with E-state index in [1.54, 1.807) is 26.0 Å². The zero-order valence-electron chi connectivity index (χ0n) is 11.9. The number of carbonyl (C=O) groups is 1. The molecule has 0 heterocycles. The van der Waals surface area contributed by atoms with Crippen LogP contribution in [0.3, 0.4) is 0 Å². The largest absolute Gasteiger partial charge is 0.508 e. The molecule has 0 radical (unpaired) electrons. The predicted octanol–water partition coefficient (Wildman–Crippen LogP) is 2.66. The maximum atomic E-state index is 13.5. The van der Waals surface area contributed by atoms with Crippen LogP contribution in [0.5, 0.6) is 5.75 Å². The minimum Gasteiger partial charge on any atom is -0.508 e. The Morgan fingerprint density at radius 2 is 1.86 bits per heavy atom. The zero-order chi connectivity index (χ0) is 15.6. The Bertz CT molecular complexity index is 676. The Labute approximate surface area is 122 Å². The van der Waals surface area contributed by atoms with Crippen molar-refractivity contribution in [3.63, 3.8) is 0 Å². The molecule has 0 fully saturated rings. The van der Waals surface area contributed by atoms with Gasteiger partial charge in [0, 0.05) is 12.2 Å². The fraction of sp³-hybridized carbons (Fsp3) is 0.188. The molecule has 0 aliphatic rings. The van der Waals surface area contributed by atoms with Gasteiger partial charge in [-0.2, -0.15) is 0 Å². The number of phenols is 1. The van der Waals surface area contributed by atoms with Gasteiger partial charge in [0.15, 0.2) is 0 Å². The summed E-state index contributed by atoms with van der Waals surface area (Å²) >= 11 is 0. The smallest absolute Gasteiger partial charge is 0.253 e. The normalized spacial score (nSPS) is 10.4. The molecule has 0 unspecified atom stereocenters. The molecule has 0 saturated heterocycles. The maximum absolute atomic E-state index is 13.5. The molecule has 0 aliphatic heterocycles. The Morgan fingerprint density at radius 1 is 1.24 bits per heavy atom. The summed E-state index contributed by atoms with van der Waals surface area (Å²) in [6, 6.07) is 7.57. The average molecular weight is 288 g/mol. The second-order valence-corrected chi connectivity index (χ2v) is 5.00. The first-order valence-electron chi connectivity index (χ1n) is 6.51. The van der Waals surface area contributed by atoms with E-state index < -0.39 is 0 Å². The highest BCUT2D eigenvalue weighted by atomic mass is 19.1. The van der Waals surface area contributed by atoms with E-state index in [4.69, 9.17) is 5.73 Å². The first-order chi connectivity index (χ1) is 9.88. The first kappa shape index (κ1) is 14.8. The lowest BCUT2D eigenvalue weighted by Gasteiger charge is -2.10. The molecule has 4 N–H and O–H groups in total. The molecule has 0 aromatic heterocycles. The number of nitrogens with one attached hydrogen (secondary N) is 1. The molecule has 0 saturated carbocycles. The van der Waals surface area contributed by atoms with E-state index in [9.17, 15) is 14.3 Å². The number of benzene rings is 2. The van der Waals surface area contributed by atoms with Crippen LogP contribution in [0, 0.1) is 19.7 Å². The topological polar surface area (TPSA) is 75.3 Å². The summed E-state index contributed by atoms with van der Waals surface area (Å²) in [5.74, 6) is -0.645. The standard InChI is InChI=1S/C16H17FN2O2/c1-9-5-11(6-10(2)15(9)17)8-19-16(21)13-7-12(20)3-4-14(13)18/h3-7,20H,8,18H2,1-2H3,(H,19,21). The van der Waals surface area contributed by atoms with Crippen LogP contribution < -0.4 is 11.1 Å². The number of nitrogen functional groups attached to an aromatic ring is 1. The molecule has 2 rings (SSSR count). The van der Waals surface area contributed by atoms with Gasteiger partial charge >= 0.3 is 0 Å². The van der Waals surface area contributed by atoms with Crippen molar-refractivity contribution in [2.45, 2.75) is 20.4 Å².